The van der Waals surface area contributed by atoms with Gasteiger partial charge in [-0.1, -0.05) is 29.5 Å². The van der Waals surface area contributed by atoms with Gasteiger partial charge < -0.3 is 19.5 Å². The second-order valence-corrected chi connectivity index (χ2v) is 9.62. The first-order chi connectivity index (χ1) is 17.0. The normalized spacial score (nSPS) is 13.8. The maximum atomic E-state index is 13.1. The molecule has 0 bridgehead atoms. The molecule has 5 rings (SSSR count). The van der Waals surface area contributed by atoms with Crippen LogP contribution in [0.2, 0.25) is 0 Å². The summed E-state index contributed by atoms with van der Waals surface area (Å²) in [6, 6.07) is 13.1. The van der Waals surface area contributed by atoms with E-state index in [0.717, 1.165) is 40.4 Å². The number of ether oxygens (including phenoxy) is 1. The molecule has 0 saturated carbocycles. The molecular formula is C26H26N4O4S. The predicted octanol–water partition coefficient (Wildman–Crippen LogP) is 4.48. The topological polar surface area (TPSA) is 93.5 Å². The number of carbonyl (C=O) groups is 3. The average molecular weight is 491 g/mol. The third kappa shape index (κ3) is 4.77. The molecule has 180 valence electrons. The lowest BCUT2D eigenvalue weighted by Crippen LogP contribution is -2.40. The van der Waals surface area contributed by atoms with E-state index in [-0.39, 0.29) is 12.3 Å². The number of methoxy groups -OCH3 is 1. The van der Waals surface area contributed by atoms with Crippen molar-refractivity contribution in [3.63, 3.8) is 0 Å². The van der Waals surface area contributed by atoms with Gasteiger partial charge in [-0.05, 0) is 37.5 Å². The minimum Gasteiger partial charge on any atom is -0.497 e. The van der Waals surface area contributed by atoms with Crippen LogP contribution in [0.15, 0.2) is 48.7 Å². The Morgan fingerprint density at radius 3 is 2.69 bits per heavy atom. The van der Waals surface area contributed by atoms with Crippen LogP contribution in [0.3, 0.4) is 0 Å². The number of thiazole rings is 1. The number of rotatable bonds is 7. The zero-order chi connectivity index (χ0) is 24.4. The monoisotopic (exact) mass is 490 g/mol. The Labute approximate surface area is 206 Å². The van der Waals surface area contributed by atoms with Gasteiger partial charge in [-0.3, -0.25) is 14.4 Å². The van der Waals surface area contributed by atoms with Crippen molar-refractivity contribution >= 4 is 55.2 Å². The van der Waals surface area contributed by atoms with E-state index in [1.54, 1.807) is 18.2 Å². The highest BCUT2D eigenvalue weighted by molar-refractivity contribution is 7.22. The molecule has 2 aromatic heterocycles. The van der Waals surface area contributed by atoms with Crippen molar-refractivity contribution in [2.75, 3.05) is 25.5 Å². The van der Waals surface area contributed by atoms with Crippen molar-refractivity contribution in [1.82, 2.24) is 14.5 Å². The molecular weight excluding hydrogens is 464 g/mol. The molecule has 1 fully saturated rings. The Hall–Kier alpha value is -3.72. The number of amides is 2. The van der Waals surface area contributed by atoms with Crippen LogP contribution in [0, 0.1) is 0 Å². The summed E-state index contributed by atoms with van der Waals surface area (Å²) in [7, 11) is 1.60. The number of nitrogens with one attached hydrogen (secondary N) is 1. The van der Waals surface area contributed by atoms with Crippen molar-refractivity contribution in [3.05, 3.63) is 54.2 Å². The molecule has 2 aromatic carbocycles. The summed E-state index contributed by atoms with van der Waals surface area (Å²) in [4.78, 5) is 44.7. The van der Waals surface area contributed by atoms with E-state index in [9.17, 15) is 14.4 Å². The number of Topliss-reactive ketones (excluding diaryl/α,β-unsaturated/α-hetero) is 1. The summed E-state index contributed by atoms with van der Waals surface area (Å²) in [5.41, 5.74) is 1.97. The van der Waals surface area contributed by atoms with Gasteiger partial charge in [0.15, 0.2) is 5.13 Å². The van der Waals surface area contributed by atoms with Gasteiger partial charge in [0.05, 0.1) is 22.9 Å². The van der Waals surface area contributed by atoms with Gasteiger partial charge in [0.1, 0.15) is 5.75 Å². The Bertz CT molecular complexity index is 1420. The highest BCUT2D eigenvalue weighted by atomic mass is 32.1. The van der Waals surface area contributed by atoms with E-state index in [0.29, 0.717) is 36.1 Å². The van der Waals surface area contributed by atoms with Gasteiger partial charge >= 0.3 is 0 Å². The molecule has 0 radical (unpaired) electrons. The molecule has 0 unspecified atom stereocenters. The number of hydrogen-bond acceptors (Lipinski definition) is 6. The van der Waals surface area contributed by atoms with Gasteiger partial charge in [0, 0.05) is 49.2 Å². The number of nitrogens with zero attached hydrogens (tertiary/aromatic N) is 3. The van der Waals surface area contributed by atoms with Gasteiger partial charge in [0.25, 0.3) is 11.7 Å². The number of piperidine rings is 1. The van der Waals surface area contributed by atoms with E-state index in [1.165, 1.54) is 11.3 Å². The summed E-state index contributed by atoms with van der Waals surface area (Å²) in [6.45, 7) is 1.63. The first-order valence-corrected chi connectivity index (χ1v) is 12.5. The lowest BCUT2D eigenvalue weighted by Gasteiger charge is -2.25. The van der Waals surface area contributed by atoms with Crippen LogP contribution in [0.25, 0.3) is 21.1 Å². The number of para-hydroxylation sites is 1. The first kappa shape index (κ1) is 23.0. The van der Waals surface area contributed by atoms with Crippen molar-refractivity contribution in [1.29, 1.82) is 0 Å². The SMILES string of the molecule is COc1ccc2sc(NC(=O)CCn3cc(C(=O)C(=O)N4CCCCC4)c4ccccc43)nc2c1. The predicted molar refractivity (Wildman–Crippen MR) is 136 cm³/mol. The lowest BCUT2D eigenvalue weighted by atomic mass is 10.1. The fourth-order valence-corrected chi connectivity index (χ4v) is 5.32. The molecule has 1 aliphatic rings. The van der Waals surface area contributed by atoms with Crippen molar-refractivity contribution in [2.24, 2.45) is 0 Å². The first-order valence-electron chi connectivity index (χ1n) is 11.7. The van der Waals surface area contributed by atoms with Crippen molar-refractivity contribution < 1.29 is 19.1 Å². The van der Waals surface area contributed by atoms with E-state index in [1.807, 2.05) is 47.0 Å². The number of ketones is 1. The number of hydrogen-bond donors (Lipinski definition) is 1. The maximum absolute atomic E-state index is 13.1. The van der Waals surface area contributed by atoms with Gasteiger partial charge in [0.2, 0.25) is 5.91 Å². The van der Waals surface area contributed by atoms with Crippen LogP contribution in [0.5, 0.6) is 5.75 Å². The Morgan fingerprint density at radius 2 is 1.89 bits per heavy atom. The van der Waals surface area contributed by atoms with Crippen LogP contribution >= 0.6 is 11.3 Å². The molecule has 35 heavy (non-hydrogen) atoms. The third-order valence-corrected chi connectivity index (χ3v) is 7.24. The Balaban J connectivity index is 1.30. The third-order valence-electron chi connectivity index (χ3n) is 6.29. The molecule has 8 nitrogen and oxygen atoms in total. The van der Waals surface area contributed by atoms with E-state index in [2.05, 4.69) is 10.3 Å². The van der Waals surface area contributed by atoms with Crippen LogP contribution in [-0.4, -0.2) is 52.2 Å². The Morgan fingerprint density at radius 1 is 1.09 bits per heavy atom. The highest BCUT2D eigenvalue weighted by Gasteiger charge is 2.27. The lowest BCUT2D eigenvalue weighted by molar-refractivity contribution is -0.127. The number of carbonyl (C=O) groups excluding carboxylic acids is 3. The van der Waals surface area contributed by atoms with E-state index >= 15 is 0 Å². The molecule has 4 aromatic rings. The number of likely N-dealkylation sites (tertiary alicyclic amines) is 1. The number of anilines is 1. The molecule has 1 N–H and O–H groups in total. The van der Waals surface area contributed by atoms with E-state index in [4.69, 9.17) is 4.74 Å². The molecule has 1 saturated heterocycles. The van der Waals surface area contributed by atoms with Crippen molar-refractivity contribution in [2.45, 2.75) is 32.2 Å². The average Bonchev–Trinajstić information content (AvgIpc) is 3.47. The quantitative estimate of drug-likeness (QED) is 0.304. The summed E-state index contributed by atoms with van der Waals surface area (Å²) in [5, 5.41) is 4.12. The molecule has 1 aliphatic heterocycles. The summed E-state index contributed by atoms with van der Waals surface area (Å²) in [6.07, 6.45) is 4.85. The molecule has 0 spiro atoms. The molecule has 0 atom stereocenters. The zero-order valence-corrected chi connectivity index (χ0v) is 20.3. The minimum atomic E-state index is -0.490. The van der Waals surface area contributed by atoms with Crippen LogP contribution in [0.1, 0.15) is 36.0 Å². The summed E-state index contributed by atoms with van der Waals surface area (Å²) >= 11 is 1.40. The van der Waals surface area contributed by atoms with Crippen LogP contribution in [-0.2, 0) is 16.1 Å². The molecule has 9 heteroatoms. The Kier molecular flexibility index (Phi) is 6.50. The summed E-state index contributed by atoms with van der Waals surface area (Å²) < 4.78 is 8.06. The fourth-order valence-electron chi connectivity index (χ4n) is 4.46. The largest absolute Gasteiger partial charge is 0.497 e. The maximum Gasteiger partial charge on any atom is 0.295 e. The van der Waals surface area contributed by atoms with Gasteiger partial charge in [-0.15, -0.1) is 0 Å². The smallest absolute Gasteiger partial charge is 0.295 e. The molecule has 3 heterocycles. The second kappa shape index (κ2) is 9.87. The molecule has 2 amide bonds. The van der Waals surface area contributed by atoms with Crippen LogP contribution in [0.4, 0.5) is 5.13 Å². The van der Waals surface area contributed by atoms with Gasteiger partial charge in [-0.2, -0.15) is 0 Å². The fraction of sp³-hybridized carbons (Fsp3) is 0.308. The standard InChI is InChI=1S/C26H26N4O4S/c1-34-17-9-10-22-20(15-17)27-26(35-22)28-23(31)11-14-30-16-19(18-7-3-4-8-21(18)30)24(32)25(33)29-12-5-2-6-13-29/h3-4,7-10,15-16H,2,5-6,11-14H2,1H3,(H,27,28,31). The summed E-state index contributed by atoms with van der Waals surface area (Å²) in [5.74, 6) is -0.399. The van der Waals surface area contributed by atoms with Crippen LogP contribution < -0.4 is 10.1 Å². The number of aryl methyl sites for hydroxylation is 1. The highest BCUT2D eigenvalue weighted by Crippen LogP contribution is 2.29. The number of fused-ring (bicyclic) bond motifs is 2. The zero-order valence-electron chi connectivity index (χ0n) is 19.5. The number of aromatic nitrogens is 2. The van der Waals surface area contributed by atoms with Gasteiger partial charge in [-0.25, -0.2) is 4.98 Å². The van der Waals surface area contributed by atoms with E-state index < -0.39 is 11.7 Å². The second-order valence-electron chi connectivity index (χ2n) is 8.59. The number of benzene rings is 2. The van der Waals surface area contributed by atoms with Crippen molar-refractivity contribution in [3.8, 4) is 5.75 Å². The molecule has 0 aliphatic carbocycles. The minimum absolute atomic E-state index is 0.175.